The molecule has 0 aliphatic carbocycles. The van der Waals surface area contributed by atoms with Gasteiger partial charge in [-0.05, 0) is 48.9 Å². The monoisotopic (exact) mass is 535 g/mol. The van der Waals surface area contributed by atoms with Crippen molar-refractivity contribution in [3.8, 4) is 0 Å². The molecule has 1 aromatic heterocycles. The minimum atomic E-state index is -1.10. The molecule has 2 saturated heterocycles. The zero-order valence-electron chi connectivity index (χ0n) is 16.8. The number of rotatable bonds is 4. The summed E-state index contributed by atoms with van der Waals surface area (Å²) < 4.78 is 24.3. The lowest BCUT2D eigenvalue weighted by Gasteiger charge is -2.36. The van der Waals surface area contributed by atoms with Crippen LogP contribution >= 0.6 is 22.6 Å². The van der Waals surface area contributed by atoms with Gasteiger partial charge in [0.25, 0.3) is 5.56 Å². The molecule has 164 valence electrons. The van der Waals surface area contributed by atoms with E-state index in [-0.39, 0.29) is 10.2 Å². The molecule has 3 rings (SSSR count). The molecule has 1 N–H and O–H groups in total. The van der Waals surface area contributed by atoms with Crippen LogP contribution in [0.4, 0.5) is 0 Å². The molecule has 12 nitrogen and oxygen atoms in total. The van der Waals surface area contributed by atoms with Gasteiger partial charge in [0, 0.05) is 18.2 Å². The number of halogens is 1. The third kappa shape index (κ3) is 4.25. The lowest BCUT2D eigenvalue weighted by molar-refractivity contribution is -0.173. The summed E-state index contributed by atoms with van der Waals surface area (Å²) in [6.45, 7) is 5.16. The number of azide groups is 1. The summed E-state index contributed by atoms with van der Waals surface area (Å²) in [5.41, 5.74) is 6.90. The average Bonchev–Trinajstić information content (AvgIpc) is 3.03. The standard InChI is InChI=1S/C17H22IN5O7/c1-17(2,3)15(25)30-12-11-10(9(21-22-19)8(27-4)6-28-11)29-14(12)23-5-7(18)13(24)20-16(23)26/h5,8-12,14H,6H2,1-4H3,(H,20,24,26)/t8-,9-,10-,11-,12-,14-/m1/s1. The topological polar surface area (TPSA) is 158 Å². The van der Waals surface area contributed by atoms with Crippen molar-refractivity contribution in [2.45, 2.75) is 57.5 Å². The predicted molar refractivity (Wildman–Crippen MR) is 111 cm³/mol. The zero-order chi connectivity index (χ0) is 22.2. The largest absolute Gasteiger partial charge is 0.454 e. The molecule has 2 aliphatic rings. The molecule has 0 unspecified atom stereocenters. The number of ether oxygens (including phenoxy) is 4. The third-order valence-corrected chi connectivity index (χ3v) is 5.71. The summed E-state index contributed by atoms with van der Waals surface area (Å²) in [6.07, 6.45) is -3.02. The quantitative estimate of drug-likeness (QED) is 0.199. The van der Waals surface area contributed by atoms with E-state index in [1.165, 1.54) is 13.3 Å². The van der Waals surface area contributed by atoms with Gasteiger partial charge in [0.2, 0.25) is 0 Å². The average molecular weight is 535 g/mol. The number of aromatic amines is 1. The first-order valence-electron chi connectivity index (χ1n) is 9.14. The van der Waals surface area contributed by atoms with Crippen LogP contribution in [0.5, 0.6) is 0 Å². The molecule has 2 fully saturated rings. The fraction of sp³-hybridized carbons (Fsp3) is 0.706. The van der Waals surface area contributed by atoms with Crippen LogP contribution in [0.1, 0.15) is 27.0 Å². The Hall–Kier alpha value is -1.93. The van der Waals surface area contributed by atoms with Crippen LogP contribution in [-0.2, 0) is 23.7 Å². The second-order valence-corrected chi connectivity index (χ2v) is 9.18. The summed E-state index contributed by atoms with van der Waals surface area (Å²) in [4.78, 5) is 41.9. The number of nitrogens with zero attached hydrogens (tertiary/aromatic N) is 4. The van der Waals surface area contributed by atoms with Crippen LogP contribution in [0.3, 0.4) is 0 Å². The summed E-state index contributed by atoms with van der Waals surface area (Å²) in [5, 5.41) is 3.79. The smallest absolute Gasteiger partial charge is 0.330 e. The van der Waals surface area contributed by atoms with E-state index >= 15 is 0 Å². The Labute approximate surface area is 184 Å². The van der Waals surface area contributed by atoms with Crippen molar-refractivity contribution in [2.75, 3.05) is 13.7 Å². The molecule has 3 heterocycles. The van der Waals surface area contributed by atoms with Crippen molar-refractivity contribution in [1.29, 1.82) is 0 Å². The fourth-order valence-corrected chi connectivity index (χ4v) is 3.79. The number of H-pyrrole nitrogens is 1. The highest BCUT2D eigenvalue weighted by atomic mass is 127. The Balaban J connectivity index is 2.06. The Morgan fingerprint density at radius 1 is 1.40 bits per heavy atom. The van der Waals surface area contributed by atoms with Crippen LogP contribution in [-0.4, -0.2) is 59.7 Å². The minimum absolute atomic E-state index is 0.0824. The molecular formula is C17H22IN5O7. The molecule has 0 spiro atoms. The van der Waals surface area contributed by atoms with Crippen molar-refractivity contribution < 1.29 is 23.7 Å². The Kier molecular flexibility index (Phi) is 6.57. The van der Waals surface area contributed by atoms with Gasteiger partial charge in [0.15, 0.2) is 12.3 Å². The van der Waals surface area contributed by atoms with Crippen LogP contribution < -0.4 is 11.2 Å². The molecule has 1 aromatic rings. The first-order chi connectivity index (χ1) is 14.1. The number of nitrogens with one attached hydrogen (secondary N) is 1. The van der Waals surface area contributed by atoms with E-state index in [2.05, 4.69) is 15.0 Å². The summed E-state index contributed by atoms with van der Waals surface area (Å²) >= 11 is 1.78. The molecule has 0 bridgehead atoms. The lowest BCUT2D eigenvalue weighted by Crippen LogP contribution is -2.54. The first-order valence-corrected chi connectivity index (χ1v) is 10.2. The van der Waals surface area contributed by atoms with E-state index in [1.54, 1.807) is 43.4 Å². The Morgan fingerprint density at radius 2 is 2.10 bits per heavy atom. The zero-order valence-corrected chi connectivity index (χ0v) is 18.9. The molecule has 13 heteroatoms. The highest BCUT2D eigenvalue weighted by Crippen LogP contribution is 2.40. The molecule has 0 radical (unpaired) electrons. The van der Waals surface area contributed by atoms with Crippen molar-refractivity contribution in [2.24, 2.45) is 10.5 Å². The molecule has 6 atom stereocenters. The summed E-state index contributed by atoms with van der Waals surface area (Å²) in [5.74, 6) is -0.522. The number of hydrogen-bond acceptors (Lipinski definition) is 8. The number of aromatic nitrogens is 2. The van der Waals surface area contributed by atoms with Gasteiger partial charge < -0.3 is 18.9 Å². The molecule has 30 heavy (non-hydrogen) atoms. The number of esters is 1. The van der Waals surface area contributed by atoms with Crippen molar-refractivity contribution >= 4 is 28.6 Å². The van der Waals surface area contributed by atoms with Gasteiger partial charge in [-0.1, -0.05) is 5.11 Å². The number of carbonyl (C=O) groups is 1. The maximum absolute atomic E-state index is 12.6. The lowest BCUT2D eigenvalue weighted by atomic mass is 9.95. The van der Waals surface area contributed by atoms with Gasteiger partial charge >= 0.3 is 11.7 Å². The maximum Gasteiger partial charge on any atom is 0.330 e. The van der Waals surface area contributed by atoms with Crippen LogP contribution in [0.2, 0.25) is 0 Å². The van der Waals surface area contributed by atoms with Crippen LogP contribution in [0, 0.1) is 8.99 Å². The Morgan fingerprint density at radius 3 is 2.70 bits per heavy atom. The van der Waals surface area contributed by atoms with Gasteiger partial charge in [-0.25, -0.2) is 4.79 Å². The number of hydrogen-bond donors (Lipinski definition) is 1. The second-order valence-electron chi connectivity index (χ2n) is 8.02. The molecular weight excluding hydrogens is 513 g/mol. The van der Waals surface area contributed by atoms with Gasteiger partial charge in [-0.2, -0.15) is 0 Å². The van der Waals surface area contributed by atoms with Gasteiger partial charge in [-0.3, -0.25) is 19.1 Å². The maximum atomic E-state index is 12.6. The second kappa shape index (κ2) is 8.67. The van der Waals surface area contributed by atoms with Crippen LogP contribution in [0.15, 0.2) is 20.9 Å². The number of methoxy groups -OCH3 is 1. The predicted octanol–water partition coefficient (Wildman–Crippen LogP) is 1.09. The SMILES string of the molecule is CO[C@@H]1CO[C@@H]2[C@H](O[C@@H](n3cc(I)c(=O)[nH]c3=O)[C@@H]2OC(=O)C(C)(C)C)[C@@H]1N=[N+]=[N-]. The number of fused-ring (bicyclic) bond motifs is 1. The van der Waals surface area contributed by atoms with Crippen molar-refractivity contribution in [3.05, 3.63) is 41.0 Å². The molecule has 0 amide bonds. The van der Waals surface area contributed by atoms with E-state index in [4.69, 9.17) is 24.5 Å². The Bertz CT molecular complexity index is 980. The van der Waals surface area contributed by atoms with Crippen molar-refractivity contribution in [3.63, 3.8) is 0 Å². The highest BCUT2D eigenvalue weighted by Gasteiger charge is 2.56. The van der Waals surface area contributed by atoms with E-state index in [0.717, 1.165) is 4.57 Å². The van der Waals surface area contributed by atoms with Gasteiger partial charge in [0.1, 0.15) is 12.2 Å². The van der Waals surface area contributed by atoms with E-state index in [0.29, 0.717) is 0 Å². The summed E-state index contributed by atoms with van der Waals surface area (Å²) in [7, 11) is 1.45. The van der Waals surface area contributed by atoms with Gasteiger partial charge in [0.05, 0.1) is 27.7 Å². The summed E-state index contributed by atoms with van der Waals surface area (Å²) in [6, 6.07) is -0.767. The molecule has 0 aromatic carbocycles. The first kappa shape index (κ1) is 22.7. The van der Waals surface area contributed by atoms with E-state index < -0.39 is 59.3 Å². The normalized spacial score (nSPS) is 31.0. The highest BCUT2D eigenvalue weighted by molar-refractivity contribution is 14.1. The van der Waals surface area contributed by atoms with E-state index in [9.17, 15) is 14.4 Å². The van der Waals surface area contributed by atoms with Gasteiger partial charge in [-0.15, -0.1) is 0 Å². The molecule has 2 aliphatic heterocycles. The van der Waals surface area contributed by atoms with Crippen LogP contribution in [0.25, 0.3) is 10.4 Å². The number of carbonyl (C=O) groups excluding carboxylic acids is 1. The van der Waals surface area contributed by atoms with E-state index in [1.807, 2.05) is 0 Å². The fourth-order valence-electron chi connectivity index (χ4n) is 3.35. The third-order valence-electron chi connectivity index (χ3n) is 4.94. The van der Waals surface area contributed by atoms with Crippen molar-refractivity contribution in [1.82, 2.24) is 9.55 Å². The molecule has 0 saturated carbocycles. The minimum Gasteiger partial charge on any atom is -0.454 e.